The second-order valence-corrected chi connectivity index (χ2v) is 24.5. The molecule has 0 saturated carbocycles. The summed E-state index contributed by atoms with van der Waals surface area (Å²) in [5.41, 5.74) is 0. The fraction of sp³-hybridized carbons (Fsp3) is 0.500. The van der Waals surface area contributed by atoms with Crippen molar-refractivity contribution in [1.82, 2.24) is 0 Å². The van der Waals surface area contributed by atoms with Crippen LogP contribution in [0.3, 0.4) is 0 Å². The second kappa shape index (κ2) is 5.94. The average Bonchev–Trinajstić information content (AvgIpc) is 2.87. The minimum atomic E-state index is -0.484. The summed E-state index contributed by atoms with van der Waals surface area (Å²) >= 11 is 5.25. The van der Waals surface area contributed by atoms with Crippen LogP contribution in [-0.2, 0) is 0 Å². The zero-order valence-corrected chi connectivity index (χ0v) is 21.5. The molecule has 4 radical (unpaired) electrons. The molecule has 21 heavy (non-hydrogen) atoms. The zero-order valence-electron chi connectivity index (χ0n) is 13.4. The van der Waals surface area contributed by atoms with Gasteiger partial charge < -0.3 is 0 Å². The van der Waals surface area contributed by atoms with Crippen LogP contribution in [0.5, 0.6) is 0 Å². The van der Waals surface area contributed by atoms with Crippen molar-refractivity contribution in [2.75, 3.05) is 0 Å². The fourth-order valence-electron chi connectivity index (χ4n) is 2.24. The SMILES string of the molecule is C[C](C)(C)[Sn][c]1cc2sc3[c]([Sn][C](C)(C)C)csc3c2s1. The summed E-state index contributed by atoms with van der Waals surface area (Å²) in [6, 6.07) is 2.53. The Bertz CT molecular complexity index is 778. The molecule has 0 spiro atoms. The molecule has 0 saturated heterocycles. The standard InChI is InChI=1S/C8H2S3.2C4H9.2Sn/c1-3-9-7-5(1)11-6-2-4-10-8(6)7;2*1-4(2)3;;/h1,4H;2*1-3H3;;. The van der Waals surface area contributed by atoms with Crippen LogP contribution in [-0.4, -0.2) is 42.3 Å². The van der Waals surface area contributed by atoms with E-state index in [0.717, 1.165) is 0 Å². The molecular formula is C16H20S3Sn2. The van der Waals surface area contributed by atoms with E-state index in [1.807, 2.05) is 11.3 Å². The van der Waals surface area contributed by atoms with E-state index in [2.05, 4.69) is 75.7 Å². The first-order valence-electron chi connectivity index (χ1n) is 7.12. The Morgan fingerprint density at radius 3 is 2.10 bits per heavy atom. The van der Waals surface area contributed by atoms with E-state index >= 15 is 0 Å². The summed E-state index contributed by atoms with van der Waals surface area (Å²) in [5.74, 6) is 0. The topological polar surface area (TPSA) is 0 Å². The molecule has 0 aliphatic rings. The van der Waals surface area contributed by atoms with Gasteiger partial charge in [0.15, 0.2) is 0 Å². The van der Waals surface area contributed by atoms with Gasteiger partial charge >= 0.3 is 161 Å². The molecule has 0 aromatic carbocycles. The van der Waals surface area contributed by atoms with Crippen molar-refractivity contribution in [1.29, 1.82) is 0 Å². The van der Waals surface area contributed by atoms with Crippen LogP contribution in [0.1, 0.15) is 41.5 Å². The van der Waals surface area contributed by atoms with Gasteiger partial charge in [0.2, 0.25) is 0 Å². The van der Waals surface area contributed by atoms with Crippen molar-refractivity contribution in [3.8, 4) is 0 Å². The quantitative estimate of drug-likeness (QED) is 0.385. The van der Waals surface area contributed by atoms with E-state index < -0.39 is 42.3 Å². The monoisotopic (exact) mass is 548 g/mol. The van der Waals surface area contributed by atoms with E-state index in [9.17, 15) is 0 Å². The summed E-state index contributed by atoms with van der Waals surface area (Å²) < 4.78 is 10.9. The van der Waals surface area contributed by atoms with Crippen LogP contribution in [0.4, 0.5) is 0 Å². The molecule has 0 aliphatic carbocycles. The average molecular weight is 546 g/mol. The van der Waals surface area contributed by atoms with Gasteiger partial charge in [0.05, 0.1) is 0 Å². The number of thiophene rings is 3. The van der Waals surface area contributed by atoms with Gasteiger partial charge in [0, 0.05) is 0 Å². The van der Waals surface area contributed by atoms with E-state index in [0.29, 0.717) is 6.86 Å². The zero-order chi connectivity index (χ0) is 15.4. The van der Waals surface area contributed by atoms with Crippen LogP contribution in [0.15, 0.2) is 11.4 Å². The van der Waals surface area contributed by atoms with Crippen LogP contribution < -0.4 is 6.47 Å². The summed E-state index contributed by atoms with van der Waals surface area (Å²) in [5, 5.41) is 2.47. The third-order valence-corrected chi connectivity index (χ3v) is 16.4. The molecule has 3 rings (SSSR count). The molecule has 0 fully saturated rings. The Morgan fingerprint density at radius 1 is 0.810 bits per heavy atom. The predicted octanol–water partition coefficient (Wildman–Crippen LogP) is 5.27. The van der Waals surface area contributed by atoms with Gasteiger partial charge in [0.25, 0.3) is 0 Å². The molecule has 3 aromatic rings. The van der Waals surface area contributed by atoms with Gasteiger partial charge in [-0.3, -0.25) is 0 Å². The van der Waals surface area contributed by atoms with Crippen LogP contribution >= 0.6 is 34.0 Å². The first-order chi connectivity index (χ1) is 9.62. The molecule has 0 nitrogen and oxygen atoms in total. The second-order valence-electron chi connectivity index (χ2n) is 7.46. The number of hydrogen-bond acceptors (Lipinski definition) is 3. The van der Waals surface area contributed by atoms with Crippen molar-refractivity contribution in [3.63, 3.8) is 0 Å². The Kier molecular flexibility index (Phi) is 4.82. The van der Waals surface area contributed by atoms with E-state index in [4.69, 9.17) is 0 Å². The van der Waals surface area contributed by atoms with Crippen LogP contribution in [0.25, 0.3) is 18.8 Å². The summed E-state index contributed by atoms with van der Waals surface area (Å²) in [7, 11) is 0. The molecule has 0 N–H and O–H groups in total. The van der Waals surface area contributed by atoms with Gasteiger partial charge in [0.1, 0.15) is 0 Å². The molecule has 0 atom stereocenters. The third kappa shape index (κ3) is 4.01. The van der Waals surface area contributed by atoms with Crippen molar-refractivity contribution in [2.24, 2.45) is 0 Å². The predicted molar refractivity (Wildman–Crippen MR) is 105 cm³/mol. The molecule has 3 heterocycles. The van der Waals surface area contributed by atoms with Gasteiger partial charge in [-0.1, -0.05) is 0 Å². The Morgan fingerprint density at radius 2 is 1.48 bits per heavy atom. The molecule has 5 heteroatoms. The van der Waals surface area contributed by atoms with Crippen molar-refractivity contribution >= 4 is 102 Å². The first-order valence-corrected chi connectivity index (χ1v) is 15.3. The Labute approximate surface area is 159 Å². The molecule has 0 unspecified atom stereocenters. The minimum absolute atomic E-state index is 0.450. The fourth-order valence-corrected chi connectivity index (χ4v) is 17.3. The maximum atomic E-state index is 2.53. The normalized spacial score (nSPS) is 13.6. The van der Waals surface area contributed by atoms with Crippen molar-refractivity contribution in [2.45, 2.75) is 48.4 Å². The molecule has 0 aliphatic heterocycles. The number of hydrogen-bond donors (Lipinski definition) is 0. The Balaban J connectivity index is 2.02. The Hall–Kier alpha value is 1.22. The van der Waals surface area contributed by atoms with Gasteiger partial charge in [-0.2, -0.15) is 0 Å². The van der Waals surface area contributed by atoms with Crippen molar-refractivity contribution in [3.05, 3.63) is 11.4 Å². The van der Waals surface area contributed by atoms with Crippen LogP contribution in [0, 0.1) is 0 Å². The maximum absolute atomic E-state index is 2.53. The molecular weight excluding hydrogens is 526 g/mol. The van der Waals surface area contributed by atoms with E-state index in [1.54, 1.807) is 25.3 Å². The first kappa shape index (κ1) is 17.1. The van der Waals surface area contributed by atoms with Gasteiger partial charge in [-0.15, -0.1) is 0 Å². The summed E-state index contributed by atoms with van der Waals surface area (Å²) in [4.78, 5) is 0. The molecule has 0 amide bonds. The number of rotatable bonds is 2. The van der Waals surface area contributed by atoms with Crippen LogP contribution in [0.2, 0.25) is 6.86 Å². The van der Waals surface area contributed by atoms with Gasteiger partial charge in [-0.05, 0) is 0 Å². The van der Waals surface area contributed by atoms with E-state index in [1.165, 1.54) is 0 Å². The molecule has 110 valence electrons. The summed E-state index contributed by atoms with van der Waals surface area (Å²) in [6.07, 6.45) is 0. The summed E-state index contributed by atoms with van der Waals surface area (Å²) in [6.45, 7) is 14.4. The molecule has 0 bridgehead atoms. The molecule has 3 aromatic heterocycles. The van der Waals surface area contributed by atoms with Crippen molar-refractivity contribution < 1.29 is 0 Å². The number of fused-ring (bicyclic) bond motifs is 3. The third-order valence-electron chi connectivity index (χ3n) is 2.87. The van der Waals surface area contributed by atoms with Gasteiger partial charge in [-0.25, -0.2) is 0 Å². The van der Waals surface area contributed by atoms with E-state index in [-0.39, 0.29) is 0 Å².